The number of amides is 1. The second-order valence-electron chi connectivity index (χ2n) is 6.15. The van der Waals surface area contributed by atoms with Gasteiger partial charge in [0, 0.05) is 30.8 Å². The lowest BCUT2D eigenvalue weighted by Gasteiger charge is -2.32. The number of thiazole rings is 1. The molecule has 1 fully saturated rings. The number of carbonyl (C=O) groups excluding carboxylic acids is 2. The van der Waals surface area contributed by atoms with Crippen molar-refractivity contribution >= 4 is 39.5 Å². The number of anilines is 1. The Morgan fingerprint density at radius 1 is 1.42 bits per heavy atom. The summed E-state index contributed by atoms with van der Waals surface area (Å²) in [6, 6.07) is 1.98. The molecule has 0 radical (unpaired) electrons. The van der Waals surface area contributed by atoms with Crippen LogP contribution in [0.4, 0.5) is 5.13 Å². The van der Waals surface area contributed by atoms with E-state index in [4.69, 9.17) is 5.73 Å². The molecule has 2 N–H and O–H groups in total. The Labute approximate surface area is 149 Å². The molecule has 3 rings (SSSR count). The lowest BCUT2D eigenvalue weighted by Crippen LogP contribution is -2.42. The van der Waals surface area contributed by atoms with Crippen molar-refractivity contribution < 1.29 is 9.59 Å². The number of hydrogen-bond donors (Lipinski definition) is 1. The number of aryl methyl sites for hydroxylation is 2. The number of Topliss-reactive ketones (excluding diaryl/α,β-unsaturated/α-hetero) is 1. The van der Waals surface area contributed by atoms with Crippen molar-refractivity contribution in [3.8, 4) is 0 Å². The van der Waals surface area contributed by atoms with Gasteiger partial charge in [-0.3, -0.25) is 9.59 Å². The smallest absolute Gasteiger partial charge is 0.222 e. The van der Waals surface area contributed by atoms with Crippen LogP contribution in [0.2, 0.25) is 0 Å². The van der Waals surface area contributed by atoms with Crippen molar-refractivity contribution in [2.45, 2.75) is 32.6 Å². The van der Waals surface area contributed by atoms with Crippen LogP contribution >= 0.6 is 22.7 Å². The molecule has 0 spiro atoms. The van der Waals surface area contributed by atoms with Crippen molar-refractivity contribution in [1.29, 1.82) is 0 Å². The number of thiophene rings is 1. The molecular formula is C17H21N3O2S2. The summed E-state index contributed by atoms with van der Waals surface area (Å²) in [6.07, 6.45) is 2.77. The van der Waals surface area contributed by atoms with Crippen LogP contribution in [0.5, 0.6) is 0 Å². The largest absolute Gasteiger partial charge is 0.375 e. The van der Waals surface area contributed by atoms with E-state index in [-0.39, 0.29) is 17.6 Å². The van der Waals surface area contributed by atoms with Gasteiger partial charge in [-0.2, -0.15) is 0 Å². The van der Waals surface area contributed by atoms with Gasteiger partial charge in [-0.15, -0.1) is 22.7 Å². The van der Waals surface area contributed by atoms with E-state index in [0.29, 0.717) is 24.5 Å². The number of nitrogens with two attached hydrogens (primary N) is 1. The van der Waals surface area contributed by atoms with E-state index in [1.165, 1.54) is 22.7 Å². The van der Waals surface area contributed by atoms with E-state index in [1.807, 2.05) is 28.7 Å². The Morgan fingerprint density at radius 3 is 2.92 bits per heavy atom. The average molecular weight is 364 g/mol. The molecule has 1 amide bonds. The van der Waals surface area contributed by atoms with Crippen LogP contribution in [0, 0.1) is 12.8 Å². The summed E-state index contributed by atoms with van der Waals surface area (Å²) in [5, 5.41) is 4.38. The van der Waals surface area contributed by atoms with Gasteiger partial charge in [-0.05, 0) is 43.2 Å². The number of carbonyl (C=O) groups is 2. The zero-order valence-electron chi connectivity index (χ0n) is 13.7. The topological polar surface area (TPSA) is 76.3 Å². The van der Waals surface area contributed by atoms with Crippen LogP contribution in [-0.2, 0) is 11.2 Å². The monoisotopic (exact) mass is 363 g/mol. The molecule has 0 aromatic carbocycles. The fourth-order valence-electron chi connectivity index (χ4n) is 3.06. The SMILES string of the molecule is Cc1ccsc1C(=O)[C@@H]1CCCN(C(=O)CCc2csc(N)n2)C1. The third kappa shape index (κ3) is 3.84. The van der Waals surface area contributed by atoms with Crippen LogP contribution in [0.15, 0.2) is 16.8 Å². The van der Waals surface area contributed by atoms with Crippen molar-refractivity contribution in [3.05, 3.63) is 33.0 Å². The number of rotatable bonds is 5. The van der Waals surface area contributed by atoms with Crippen molar-refractivity contribution in [3.63, 3.8) is 0 Å². The minimum Gasteiger partial charge on any atom is -0.375 e. The van der Waals surface area contributed by atoms with E-state index < -0.39 is 0 Å². The van der Waals surface area contributed by atoms with Crippen molar-refractivity contribution in [2.24, 2.45) is 5.92 Å². The zero-order chi connectivity index (χ0) is 17.1. The van der Waals surface area contributed by atoms with Gasteiger partial charge < -0.3 is 10.6 Å². The van der Waals surface area contributed by atoms with E-state index in [2.05, 4.69) is 4.98 Å². The molecule has 7 heteroatoms. The number of nitrogens with zero attached hydrogens (tertiary/aromatic N) is 2. The molecule has 2 aromatic heterocycles. The van der Waals surface area contributed by atoms with E-state index in [0.717, 1.165) is 35.5 Å². The molecule has 0 unspecified atom stereocenters. The Kier molecular flexibility index (Phi) is 5.30. The highest BCUT2D eigenvalue weighted by molar-refractivity contribution is 7.13. The van der Waals surface area contributed by atoms with Gasteiger partial charge in [0.2, 0.25) is 5.91 Å². The van der Waals surface area contributed by atoms with E-state index in [1.54, 1.807) is 0 Å². The molecule has 3 heterocycles. The number of likely N-dealkylation sites (tertiary alicyclic amines) is 1. The lowest BCUT2D eigenvalue weighted by molar-refractivity contribution is -0.132. The first-order valence-corrected chi connectivity index (χ1v) is 9.86. The van der Waals surface area contributed by atoms with Gasteiger partial charge in [0.15, 0.2) is 10.9 Å². The molecule has 1 aliphatic rings. The highest BCUT2D eigenvalue weighted by Crippen LogP contribution is 2.26. The van der Waals surface area contributed by atoms with Gasteiger partial charge in [-0.1, -0.05) is 0 Å². The fourth-order valence-corrected chi connectivity index (χ4v) is 4.60. The normalized spacial score (nSPS) is 17.9. The number of piperidine rings is 1. The summed E-state index contributed by atoms with van der Waals surface area (Å²) in [7, 11) is 0. The zero-order valence-corrected chi connectivity index (χ0v) is 15.3. The Bertz CT molecular complexity index is 738. The molecule has 5 nitrogen and oxygen atoms in total. The minimum absolute atomic E-state index is 0.0741. The average Bonchev–Trinajstić information content (AvgIpc) is 3.20. The maximum atomic E-state index is 12.7. The summed E-state index contributed by atoms with van der Waals surface area (Å²) in [5.74, 6) is 0.212. The second kappa shape index (κ2) is 7.44. The van der Waals surface area contributed by atoms with Crippen LogP contribution in [-0.4, -0.2) is 34.7 Å². The van der Waals surface area contributed by atoms with Gasteiger partial charge in [0.05, 0.1) is 10.6 Å². The maximum Gasteiger partial charge on any atom is 0.222 e. The standard InChI is InChI=1S/C17H21N3O2S2/c1-11-6-8-23-16(11)15(22)12-3-2-7-20(9-12)14(21)5-4-13-10-24-17(18)19-13/h6,8,10,12H,2-5,7,9H2,1H3,(H2,18,19)/t12-/m1/s1. The molecule has 0 aliphatic carbocycles. The summed E-state index contributed by atoms with van der Waals surface area (Å²) >= 11 is 2.89. The van der Waals surface area contributed by atoms with Crippen LogP contribution in [0.3, 0.4) is 0 Å². The summed E-state index contributed by atoms with van der Waals surface area (Å²) in [6.45, 7) is 3.24. The minimum atomic E-state index is -0.0741. The molecule has 24 heavy (non-hydrogen) atoms. The highest BCUT2D eigenvalue weighted by Gasteiger charge is 2.30. The van der Waals surface area contributed by atoms with Crippen molar-refractivity contribution in [2.75, 3.05) is 18.8 Å². The summed E-state index contributed by atoms with van der Waals surface area (Å²) in [4.78, 5) is 32.0. The molecular weight excluding hydrogens is 342 g/mol. The van der Waals surface area contributed by atoms with Crippen LogP contribution in [0.25, 0.3) is 0 Å². The molecule has 0 saturated carbocycles. The van der Waals surface area contributed by atoms with Gasteiger partial charge in [0.1, 0.15) is 0 Å². The Balaban J connectivity index is 1.57. The number of ketones is 1. The first-order chi connectivity index (χ1) is 11.5. The van der Waals surface area contributed by atoms with E-state index in [9.17, 15) is 9.59 Å². The van der Waals surface area contributed by atoms with Crippen LogP contribution < -0.4 is 5.73 Å². The molecule has 1 aliphatic heterocycles. The highest BCUT2D eigenvalue weighted by atomic mass is 32.1. The first-order valence-electron chi connectivity index (χ1n) is 8.10. The first kappa shape index (κ1) is 17.1. The predicted octanol–water partition coefficient (Wildman–Crippen LogP) is 3.15. The molecule has 128 valence electrons. The third-order valence-electron chi connectivity index (χ3n) is 4.40. The lowest BCUT2D eigenvalue weighted by atomic mass is 9.92. The second-order valence-corrected chi connectivity index (χ2v) is 7.96. The third-order valence-corrected chi connectivity index (χ3v) is 6.15. The quantitative estimate of drug-likeness (QED) is 0.828. The maximum absolute atomic E-state index is 12.7. The van der Waals surface area contributed by atoms with Crippen molar-refractivity contribution in [1.82, 2.24) is 9.88 Å². The molecule has 1 saturated heterocycles. The Morgan fingerprint density at radius 2 is 2.25 bits per heavy atom. The number of hydrogen-bond acceptors (Lipinski definition) is 6. The summed E-state index contributed by atoms with van der Waals surface area (Å²) in [5.41, 5.74) is 7.52. The van der Waals surface area contributed by atoms with E-state index >= 15 is 0 Å². The molecule has 0 bridgehead atoms. The summed E-state index contributed by atoms with van der Waals surface area (Å²) < 4.78 is 0. The van der Waals surface area contributed by atoms with Gasteiger partial charge >= 0.3 is 0 Å². The number of aromatic nitrogens is 1. The number of nitrogen functional groups attached to an aromatic ring is 1. The van der Waals surface area contributed by atoms with Gasteiger partial charge in [0.25, 0.3) is 0 Å². The Hall–Kier alpha value is -1.73. The fraction of sp³-hybridized carbons (Fsp3) is 0.471. The predicted molar refractivity (Wildman–Crippen MR) is 97.5 cm³/mol. The molecule has 1 atom stereocenters. The molecule has 2 aromatic rings. The van der Waals surface area contributed by atoms with Gasteiger partial charge in [-0.25, -0.2) is 4.98 Å². The van der Waals surface area contributed by atoms with Crippen LogP contribution in [0.1, 0.15) is 40.2 Å².